The van der Waals surface area contributed by atoms with E-state index in [2.05, 4.69) is 5.32 Å². The van der Waals surface area contributed by atoms with Crippen molar-refractivity contribution in [2.75, 3.05) is 20.2 Å². The minimum Gasteiger partial charge on any atom is -0.444 e. The van der Waals surface area contributed by atoms with E-state index < -0.39 is 5.60 Å². The molecule has 2 aliphatic carbocycles. The lowest BCUT2D eigenvalue weighted by Crippen LogP contribution is -2.48. The van der Waals surface area contributed by atoms with Gasteiger partial charge in [0.25, 0.3) is 0 Å². The first-order valence-electron chi connectivity index (χ1n) is 8.62. The molecule has 0 aromatic carbocycles. The van der Waals surface area contributed by atoms with Gasteiger partial charge in [0, 0.05) is 19.7 Å². The van der Waals surface area contributed by atoms with Gasteiger partial charge >= 0.3 is 6.09 Å². The van der Waals surface area contributed by atoms with E-state index in [-0.39, 0.29) is 18.2 Å². The highest BCUT2D eigenvalue weighted by Gasteiger charge is 2.44. The van der Waals surface area contributed by atoms with E-state index in [0.29, 0.717) is 19.1 Å². The standard InChI is InChI=1S/C17H30N2O3/c1-17(2,3)22-16(20)19-9-14(15(10-19)21-4)18-13-8-11-5-6-12(13)7-11/h11-15,18H,5-10H2,1-4H3/t11?,12?,13?,14?,15-/m0/s1. The molecule has 126 valence electrons. The lowest BCUT2D eigenvalue weighted by Gasteiger charge is -2.28. The average molecular weight is 310 g/mol. The van der Waals surface area contributed by atoms with E-state index in [4.69, 9.17) is 9.47 Å². The number of ether oxygens (including phenoxy) is 2. The van der Waals surface area contributed by atoms with Gasteiger partial charge in [-0.2, -0.15) is 0 Å². The van der Waals surface area contributed by atoms with Gasteiger partial charge in [-0.25, -0.2) is 4.79 Å². The van der Waals surface area contributed by atoms with Crippen LogP contribution in [0.5, 0.6) is 0 Å². The maximum atomic E-state index is 12.3. The predicted molar refractivity (Wildman–Crippen MR) is 84.8 cm³/mol. The highest BCUT2D eigenvalue weighted by atomic mass is 16.6. The molecule has 0 aromatic rings. The molecule has 1 saturated heterocycles. The van der Waals surface area contributed by atoms with Crippen molar-refractivity contribution in [3.05, 3.63) is 0 Å². The van der Waals surface area contributed by atoms with Gasteiger partial charge in [0.2, 0.25) is 0 Å². The van der Waals surface area contributed by atoms with Crippen molar-refractivity contribution >= 4 is 6.09 Å². The van der Waals surface area contributed by atoms with Crippen LogP contribution in [0.3, 0.4) is 0 Å². The number of carbonyl (C=O) groups is 1. The Balaban J connectivity index is 1.56. The van der Waals surface area contributed by atoms with Crippen LogP contribution in [-0.2, 0) is 9.47 Å². The van der Waals surface area contributed by atoms with Crippen LogP contribution in [0.15, 0.2) is 0 Å². The van der Waals surface area contributed by atoms with E-state index in [0.717, 1.165) is 11.8 Å². The zero-order valence-electron chi connectivity index (χ0n) is 14.3. The highest BCUT2D eigenvalue weighted by molar-refractivity contribution is 5.68. The Bertz CT molecular complexity index is 421. The Morgan fingerprint density at radius 2 is 1.91 bits per heavy atom. The molecule has 2 saturated carbocycles. The fraction of sp³-hybridized carbons (Fsp3) is 0.941. The van der Waals surface area contributed by atoms with Crippen molar-refractivity contribution in [1.29, 1.82) is 0 Å². The number of likely N-dealkylation sites (tertiary alicyclic amines) is 1. The topological polar surface area (TPSA) is 50.8 Å². The number of rotatable bonds is 3. The van der Waals surface area contributed by atoms with Crippen molar-refractivity contribution in [3.8, 4) is 0 Å². The number of nitrogens with one attached hydrogen (secondary N) is 1. The Labute approximate surface area is 133 Å². The predicted octanol–water partition coefficient (Wildman–Crippen LogP) is 2.40. The van der Waals surface area contributed by atoms with Crippen LogP contribution in [0.1, 0.15) is 46.5 Å². The fourth-order valence-electron chi connectivity index (χ4n) is 4.37. The number of hydrogen-bond acceptors (Lipinski definition) is 4. The zero-order chi connectivity index (χ0) is 15.9. The quantitative estimate of drug-likeness (QED) is 0.869. The fourth-order valence-corrected chi connectivity index (χ4v) is 4.37. The van der Waals surface area contributed by atoms with Crippen LogP contribution in [0.25, 0.3) is 0 Å². The maximum Gasteiger partial charge on any atom is 0.410 e. The van der Waals surface area contributed by atoms with Gasteiger partial charge in [-0.15, -0.1) is 0 Å². The van der Waals surface area contributed by atoms with Crippen molar-refractivity contribution in [3.63, 3.8) is 0 Å². The second-order valence-corrected chi connectivity index (χ2v) is 8.21. The van der Waals surface area contributed by atoms with E-state index in [1.165, 1.54) is 25.7 Å². The molecule has 2 bridgehead atoms. The molecule has 1 heterocycles. The van der Waals surface area contributed by atoms with E-state index in [1.807, 2.05) is 20.8 Å². The largest absolute Gasteiger partial charge is 0.444 e. The molecule has 5 atom stereocenters. The molecule has 0 radical (unpaired) electrons. The normalized spacial score (nSPS) is 37.8. The average Bonchev–Trinajstić information content (AvgIpc) is 3.11. The zero-order valence-corrected chi connectivity index (χ0v) is 14.3. The molecular weight excluding hydrogens is 280 g/mol. The number of carbonyl (C=O) groups excluding carboxylic acids is 1. The van der Waals surface area contributed by atoms with Crippen molar-refractivity contribution < 1.29 is 14.3 Å². The summed E-state index contributed by atoms with van der Waals surface area (Å²) in [5.41, 5.74) is -0.449. The van der Waals surface area contributed by atoms with E-state index >= 15 is 0 Å². The van der Waals surface area contributed by atoms with Gasteiger partial charge in [0.05, 0.1) is 18.7 Å². The van der Waals surface area contributed by atoms with Crippen LogP contribution >= 0.6 is 0 Å². The minimum absolute atomic E-state index is 0.0617. The SMILES string of the molecule is CO[C@H]1CN(C(=O)OC(C)(C)C)CC1NC1CC2CCC1C2. The summed E-state index contributed by atoms with van der Waals surface area (Å²) in [4.78, 5) is 14.0. The van der Waals surface area contributed by atoms with Crippen LogP contribution in [0.2, 0.25) is 0 Å². The Morgan fingerprint density at radius 1 is 1.14 bits per heavy atom. The third-order valence-corrected chi connectivity index (χ3v) is 5.39. The van der Waals surface area contributed by atoms with Gasteiger partial charge in [0.1, 0.15) is 5.60 Å². The maximum absolute atomic E-state index is 12.3. The van der Waals surface area contributed by atoms with Gasteiger partial charge in [-0.1, -0.05) is 6.42 Å². The van der Waals surface area contributed by atoms with Crippen LogP contribution in [0.4, 0.5) is 4.79 Å². The molecule has 1 amide bonds. The first kappa shape index (κ1) is 16.1. The number of amides is 1. The minimum atomic E-state index is -0.449. The molecule has 1 N–H and O–H groups in total. The molecule has 1 aliphatic heterocycles. The second kappa shape index (κ2) is 6.00. The monoisotopic (exact) mass is 310 g/mol. The molecular formula is C17H30N2O3. The molecule has 22 heavy (non-hydrogen) atoms. The molecule has 3 rings (SSSR count). The first-order chi connectivity index (χ1) is 10.4. The van der Waals surface area contributed by atoms with Crippen molar-refractivity contribution in [2.45, 2.75) is 70.2 Å². The van der Waals surface area contributed by atoms with Crippen LogP contribution in [0, 0.1) is 11.8 Å². The second-order valence-electron chi connectivity index (χ2n) is 8.21. The molecule has 5 heteroatoms. The summed E-state index contributed by atoms with van der Waals surface area (Å²) in [6.45, 7) is 7.00. The van der Waals surface area contributed by atoms with Crippen molar-refractivity contribution in [1.82, 2.24) is 10.2 Å². The molecule has 3 fully saturated rings. The number of fused-ring (bicyclic) bond motifs is 2. The summed E-state index contributed by atoms with van der Waals surface area (Å²) < 4.78 is 11.1. The number of nitrogens with zero attached hydrogens (tertiary/aromatic N) is 1. The summed E-state index contributed by atoms with van der Waals surface area (Å²) in [6, 6.07) is 0.835. The lowest BCUT2D eigenvalue weighted by molar-refractivity contribution is 0.0252. The Hall–Kier alpha value is -0.810. The highest BCUT2D eigenvalue weighted by Crippen LogP contribution is 2.44. The molecule has 3 aliphatic rings. The Morgan fingerprint density at radius 3 is 2.45 bits per heavy atom. The van der Waals surface area contributed by atoms with Crippen molar-refractivity contribution in [2.24, 2.45) is 11.8 Å². The summed E-state index contributed by atoms with van der Waals surface area (Å²) in [5.74, 6) is 1.75. The third-order valence-electron chi connectivity index (χ3n) is 5.39. The van der Waals surface area contributed by atoms with E-state index in [1.54, 1.807) is 12.0 Å². The Kier molecular flexibility index (Phi) is 4.38. The van der Waals surface area contributed by atoms with Crippen LogP contribution < -0.4 is 5.32 Å². The summed E-state index contributed by atoms with van der Waals surface area (Å²) >= 11 is 0. The van der Waals surface area contributed by atoms with Crippen LogP contribution in [-0.4, -0.2) is 55.0 Å². The first-order valence-corrected chi connectivity index (χ1v) is 8.62. The van der Waals surface area contributed by atoms with Gasteiger partial charge in [-0.05, 0) is 51.9 Å². The van der Waals surface area contributed by atoms with Gasteiger partial charge < -0.3 is 19.7 Å². The molecule has 0 aromatic heterocycles. The van der Waals surface area contributed by atoms with Gasteiger partial charge in [-0.3, -0.25) is 0 Å². The third kappa shape index (κ3) is 3.40. The number of hydrogen-bond donors (Lipinski definition) is 1. The smallest absolute Gasteiger partial charge is 0.410 e. The lowest BCUT2D eigenvalue weighted by atomic mass is 9.94. The summed E-state index contributed by atoms with van der Waals surface area (Å²) in [5, 5.41) is 3.78. The molecule has 0 spiro atoms. The summed E-state index contributed by atoms with van der Waals surface area (Å²) in [7, 11) is 1.73. The molecule has 5 nitrogen and oxygen atoms in total. The van der Waals surface area contributed by atoms with E-state index in [9.17, 15) is 4.79 Å². The number of methoxy groups -OCH3 is 1. The van der Waals surface area contributed by atoms with Gasteiger partial charge in [0.15, 0.2) is 0 Å². The summed E-state index contributed by atoms with van der Waals surface area (Å²) in [6.07, 6.45) is 5.29. The molecule has 4 unspecified atom stereocenters.